The molecule has 0 radical (unpaired) electrons. The fourth-order valence-corrected chi connectivity index (χ4v) is 2.15. The van der Waals surface area contributed by atoms with Crippen molar-refractivity contribution in [2.75, 3.05) is 13.1 Å². The predicted molar refractivity (Wildman–Crippen MR) is 83.3 cm³/mol. The van der Waals surface area contributed by atoms with Crippen molar-refractivity contribution in [3.63, 3.8) is 0 Å². The zero-order chi connectivity index (χ0) is 17.0. The van der Waals surface area contributed by atoms with Crippen molar-refractivity contribution >= 4 is 12.2 Å². The van der Waals surface area contributed by atoms with Gasteiger partial charge in [0, 0.05) is 19.1 Å². The van der Waals surface area contributed by atoms with Gasteiger partial charge in [-0.2, -0.15) is 0 Å². The highest BCUT2D eigenvalue weighted by Gasteiger charge is 2.32. The molecule has 7 heteroatoms. The number of hydrazine groups is 1. The summed E-state index contributed by atoms with van der Waals surface area (Å²) in [5.74, 6) is 0. The second-order valence-electron chi connectivity index (χ2n) is 7.48. The molecule has 1 aliphatic rings. The summed E-state index contributed by atoms with van der Waals surface area (Å²) >= 11 is 0. The minimum Gasteiger partial charge on any atom is -0.444 e. The fourth-order valence-electron chi connectivity index (χ4n) is 2.15. The lowest BCUT2D eigenvalue weighted by molar-refractivity contribution is 0.0222. The third-order valence-corrected chi connectivity index (χ3v) is 2.93. The first-order valence-corrected chi connectivity index (χ1v) is 7.69. The highest BCUT2D eigenvalue weighted by Crippen LogP contribution is 2.20. The summed E-state index contributed by atoms with van der Waals surface area (Å²) < 4.78 is 10.5. The van der Waals surface area contributed by atoms with E-state index in [0.717, 1.165) is 12.8 Å². The number of amides is 2. The van der Waals surface area contributed by atoms with Gasteiger partial charge < -0.3 is 14.4 Å². The van der Waals surface area contributed by atoms with Crippen molar-refractivity contribution in [3.05, 3.63) is 0 Å². The molecule has 0 spiro atoms. The Morgan fingerprint density at radius 1 is 1.09 bits per heavy atom. The molecule has 0 aliphatic carbocycles. The smallest absolute Gasteiger partial charge is 0.422 e. The molecule has 1 heterocycles. The summed E-state index contributed by atoms with van der Waals surface area (Å²) in [5.41, 5.74) is 4.26. The van der Waals surface area contributed by atoms with Gasteiger partial charge in [0.05, 0.1) is 0 Å². The quantitative estimate of drug-likeness (QED) is 0.782. The lowest BCUT2D eigenvalue weighted by atomic mass is 10.2. The molecule has 7 nitrogen and oxygen atoms in total. The summed E-state index contributed by atoms with van der Waals surface area (Å²) in [6, 6.07) is 0.00443. The van der Waals surface area contributed by atoms with E-state index in [2.05, 4.69) is 10.9 Å². The van der Waals surface area contributed by atoms with Crippen LogP contribution in [0.2, 0.25) is 0 Å². The van der Waals surface area contributed by atoms with Crippen LogP contribution in [0.25, 0.3) is 0 Å². The molecule has 1 atom stereocenters. The molecule has 0 saturated carbocycles. The van der Waals surface area contributed by atoms with E-state index >= 15 is 0 Å². The van der Waals surface area contributed by atoms with E-state index in [-0.39, 0.29) is 12.1 Å². The lowest BCUT2D eigenvalue weighted by Gasteiger charge is -2.28. The number of nitrogens with zero attached hydrogens (tertiary/aromatic N) is 1. The highest BCUT2D eigenvalue weighted by molar-refractivity contribution is 5.69. The van der Waals surface area contributed by atoms with E-state index in [1.807, 2.05) is 20.8 Å². The third kappa shape index (κ3) is 6.98. The molecule has 2 amide bonds. The van der Waals surface area contributed by atoms with Crippen molar-refractivity contribution in [1.82, 2.24) is 15.8 Å². The van der Waals surface area contributed by atoms with Crippen LogP contribution in [0.15, 0.2) is 0 Å². The minimum absolute atomic E-state index is 0.00443. The standard InChI is InChI=1S/C15H29N3O4/c1-14(2,3)21-12(19)17-16-10-11-8-7-9-18(11)13(20)22-15(4,5)6/h11,16H,7-10H2,1-6H3,(H,17,19)/t11-/m0/s1. The lowest BCUT2D eigenvalue weighted by Crippen LogP contribution is -2.49. The molecule has 0 unspecified atom stereocenters. The van der Waals surface area contributed by atoms with Crippen LogP contribution >= 0.6 is 0 Å². The number of carbonyl (C=O) groups excluding carboxylic acids is 2. The molecule has 0 aromatic rings. The third-order valence-electron chi connectivity index (χ3n) is 2.93. The maximum atomic E-state index is 12.1. The average Bonchev–Trinajstić information content (AvgIpc) is 2.72. The van der Waals surface area contributed by atoms with Gasteiger partial charge >= 0.3 is 12.2 Å². The maximum Gasteiger partial charge on any atom is 0.422 e. The SMILES string of the molecule is CC(C)(C)OC(=O)NNC[C@@H]1CCCN1C(=O)OC(C)(C)C. The van der Waals surface area contributed by atoms with Crippen LogP contribution in [0.5, 0.6) is 0 Å². The molecule has 0 bridgehead atoms. The predicted octanol–water partition coefficient (Wildman–Crippen LogP) is 2.42. The first-order chi connectivity index (χ1) is 9.98. The minimum atomic E-state index is -0.540. The Labute approximate surface area is 132 Å². The molecular weight excluding hydrogens is 286 g/mol. The van der Waals surface area contributed by atoms with E-state index in [4.69, 9.17) is 9.47 Å². The van der Waals surface area contributed by atoms with E-state index in [0.29, 0.717) is 13.1 Å². The molecule has 0 aromatic carbocycles. The van der Waals surface area contributed by atoms with Gasteiger partial charge in [-0.05, 0) is 54.4 Å². The summed E-state index contributed by atoms with van der Waals surface area (Å²) in [6.07, 6.45) is 0.962. The summed E-state index contributed by atoms with van der Waals surface area (Å²) in [4.78, 5) is 25.4. The molecule has 128 valence electrons. The first kappa shape index (κ1) is 18.5. The van der Waals surface area contributed by atoms with Gasteiger partial charge in [0.2, 0.25) is 0 Å². The van der Waals surface area contributed by atoms with Gasteiger partial charge in [-0.3, -0.25) is 5.43 Å². The molecule has 1 fully saturated rings. The monoisotopic (exact) mass is 315 g/mol. The number of likely N-dealkylation sites (tertiary alicyclic amines) is 1. The second-order valence-corrected chi connectivity index (χ2v) is 7.48. The van der Waals surface area contributed by atoms with Crippen molar-refractivity contribution in [1.29, 1.82) is 0 Å². The first-order valence-electron chi connectivity index (χ1n) is 7.69. The Hall–Kier alpha value is -1.50. The molecule has 1 saturated heterocycles. The molecular formula is C15H29N3O4. The van der Waals surface area contributed by atoms with Gasteiger partial charge in [-0.15, -0.1) is 0 Å². The van der Waals surface area contributed by atoms with Crippen molar-refractivity contribution < 1.29 is 19.1 Å². The van der Waals surface area contributed by atoms with Crippen LogP contribution in [0.4, 0.5) is 9.59 Å². The molecule has 2 N–H and O–H groups in total. The van der Waals surface area contributed by atoms with Crippen molar-refractivity contribution in [2.45, 2.75) is 71.6 Å². The Morgan fingerprint density at radius 3 is 2.23 bits per heavy atom. The summed E-state index contributed by atoms with van der Waals surface area (Å²) in [6.45, 7) is 12.1. The molecule has 22 heavy (non-hydrogen) atoms. The van der Waals surface area contributed by atoms with Gasteiger partial charge in [0.15, 0.2) is 0 Å². The van der Waals surface area contributed by atoms with Crippen LogP contribution < -0.4 is 10.9 Å². The van der Waals surface area contributed by atoms with Gasteiger partial charge in [-0.25, -0.2) is 15.0 Å². The average molecular weight is 315 g/mol. The van der Waals surface area contributed by atoms with Crippen LogP contribution in [-0.4, -0.2) is 47.4 Å². The molecule has 1 aliphatic heterocycles. The topological polar surface area (TPSA) is 79.9 Å². The van der Waals surface area contributed by atoms with Crippen molar-refractivity contribution in [3.8, 4) is 0 Å². The number of carbonyl (C=O) groups is 2. The van der Waals surface area contributed by atoms with Crippen LogP contribution in [0.3, 0.4) is 0 Å². The zero-order valence-corrected chi connectivity index (χ0v) is 14.5. The Bertz CT molecular complexity index is 399. The zero-order valence-electron chi connectivity index (χ0n) is 14.5. The van der Waals surface area contributed by atoms with E-state index in [1.165, 1.54) is 0 Å². The second kappa shape index (κ2) is 7.17. The van der Waals surface area contributed by atoms with Gasteiger partial charge in [-0.1, -0.05) is 0 Å². The number of nitrogens with one attached hydrogen (secondary N) is 2. The summed E-state index contributed by atoms with van der Waals surface area (Å²) in [7, 11) is 0. The van der Waals surface area contributed by atoms with Crippen molar-refractivity contribution in [2.24, 2.45) is 0 Å². The number of ether oxygens (including phenoxy) is 2. The van der Waals surface area contributed by atoms with E-state index < -0.39 is 17.3 Å². The Balaban J connectivity index is 2.38. The van der Waals surface area contributed by atoms with Gasteiger partial charge in [0.1, 0.15) is 11.2 Å². The highest BCUT2D eigenvalue weighted by atomic mass is 16.6. The van der Waals surface area contributed by atoms with Crippen LogP contribution in [0.1, 0.15) is 54.4 Å². The molecule has 0 aromatic heterocycles. The van der Waals surface area contributed by atoms with Crippen LogP contribution in [0, 0.1) is 0 Å². The number of rotatable bonds is 3. The normalized spacial score (nSPS) is 19.0. The Kier molecular flexibility index (Phi) is 6.05. The largest absolute Gasteiger partial charge is 0.444 e. The summed E-state index contributed by atoms with van der Waals surface area (Å²) in [5, 5.41) is 0. The van der Waals surface area contributed by atoms with E-state index in [9.17, 15) is 9.59 Å². The maximum absolute atomic E-state index is 12.1. The fraction of sp³-hybridized carbons (Fsp3) is 0.867. The Morgan fingerprint density at radius 2 is 1.68 bits per heavy atom. The number of hydrogen-bond acceptors (Lipinski definition) is 5. The molecule has 1 rings (SSSR count). The van der Waals surface area contributed by atoms with Crippen LogP contribution in [-0.2, 0) is 9.47 Å². The van der Waals surface area contributed by atoms with Gasteiger partial charge in [0.25, 0.3) is 0 Å². The van der Waals surface area contributed by atoms with E-state index in [1.54, 1.807) is 25.7 Å². The number of hydrogen-bond donors (Lipinski definition) is 2.